The fraction of sp³-hybridized carbons (Fsp3) is 0.440. The zero-order chi connectivity index (χ0) is 23.9. The summed E-state index contributed by atoms with van der Waals surface area (Å²) in [5.41, 5.74) is 2.28. The first-order valence-corrected chi connectivity index (χ1v) is 13.3. The Kier molecular flexibility index (Phi) is 6.07. The number of anilines is 2. The highest BCUT2D eigenvalue weighted by Gasteiger charge is 2.35. The first kappa shape index (κ1) is 22.9. The van der Waals surface area contributed by atoms with Gasteiger partial charge in [-0.05, 0) is 56.0 Å². The monoisotopic (exact) mass is 483 g/mol. The Bertz CT molecular complexity index is 1220. The molecule has 8 nitrogen and oxygen atoms in total. The Morgan fingerprint density at radius 1 is 1.03 bits per heavy atom. The average molecular weight is 484 g/mol. The lowest BCUT2D eigenvalue weighted by Crippen LogP contribution is -2.48. The van der Waals surface area contributed by atoms with Gasteiger partial charge < -0.3 is 9.64 Å². The maximum atomic E-state index is 13.4. The van der Waals surface area contributed by atoms with Gasteiger partial charge in [-0.25, -0.2) is 8.42 Å². The van der Waals surface area contributed by atoms with E-state index in [-0.39, 0.29) is 35.9 Å². The molecule has 3 aliphatic rings. The number of fused-ring (bicyclic) bond motifs is 2. The Morgan fingerprint density at radius 3 is 2.53 bits per heavy atom. The summed E-state index contributed by atoms with van der Waals surface area (Å²) in [5.74, 6) is -0.179. The van der Waals surface area contributed by atoms with Gasteiger partial charge in [-0.15, -0.1) is 0 Å². The smallest absolute Gasteiger partial charge is 0.265 e. The van der Waals surface area contributed by atoms with E-state index in [1.807, 2.05) is 31.2 Å². The second-order valence-electron chi connectivity index (χ2n) is 9.16. The number of rotatable bonds is 4. The normalized spacial score (nSPS) is 21.0. The van der Waals surface area contributed by atoms with Crippen LogP contribution in [0.15, 0.2) is 47.4 Å². The van der Waals surface area contributed by atoms with Gasteiger partial charge >= 0.3 is 0 Å². The van der Waals surface area contributed by atoms with Crippen LogP contribution < -0.4 is 14.5 Å². The number of benzene rings is 2. The molecule has 3 heterocycles. The molecule has 0 radical (unpaired) electrons. The third kappa shape index (κ3) is 4.07. The summed E-state index contributed by atoms with van der Waals surface area (Å²) < 4.78 is 33.7. The second-order valence-corrected chi connectivity index (χ2v) is 11.1. The van der Waals surface area contributed by atoms with Gasteiger partial charge in [0.15, 0.2) is 6.61 Å². The number of hydrogen-bond donors (Lipinski definition) is 0. The zero-order valence-corrected chi connectivity index (χ0v) is 20.1. The fourth-order valence-electron chi connectivity index (χ4n) is 5.10. The summed E-state index contributed by atoms with van der Waals surface area (Å²) in [4.78, 5) is 29.4. The molecule has 0 unspecified atom stereocenters. The number of para-hydroxylation sites is 1. The highest BCUT2D eigenvalue weighted by Crippen LogP contribution is 2.37. The Balaban J connectivity index is 1.44. The topological polar surface area (TPSA) is 87.2 Å². The SMILES string of the molecule is C[C@@H]1Cc2ccccc2N1C(=O)CN1C(=O)COc2ccc(S(=O)(=O)N3CCCCCC3)cc21. The van der Waals surface area contributed by atoms with Crippen LogP contribution in [0.4, 0.5) is 11.4 Å². The van der Waals surface area contributed by atoms with E-state index >= 15 is 0 Å². The molecule has 0 aliphatic carbocycles. The molecule has 2 aromatic rings. The maximum absolute atomic E-state index is 13.4. The van der Waals surface area contributed by atoms with Gasteiger partial charge in [-0.2, -0.15) is 4.31 Å². The van der Waals surface area contributed by atoms with Gasteiger partial charge in [-0.1, -0.05) is 31.0 Å². The van der Waals surface area contributed by atoms with Crippen LogP contribution in [-0.2, 0) is 26.0 Å². The number of nitrogens with zero attached hydrogens (tertiary/aromatic N) is 3. The van der Waals surface area contributed by atoms with E-state index in [2.05, 4.69) is 0 Å². The second kappa shape index (κ2) is 9.03. The summed E-state index contributed by atoms with van der Waals surface area (Å²) in [6.07, 6.45) is 4.47. The van der Waals surface area contributed by atoms with Gasteiger partial charge in [0.05, 0.1) is 10.6 Å². The Labute approximate surface area is 200 Å². The molecule has 1 atom stereocenters. The summed E-state index contributed by atoms with van der Waals surface area (Å²) in [6.45, 7) is 2.59. The molecular weight excluding hydrogens is 454 g/mol. The van der Waals surface area contributed by atoms with Crippen LogP contribution in [0.1, 0.15) is 38.2 Å². The minimum atomic E-state index is -3.71. The molecule has 0 saturated carbocycles. The van der Waals surface area contributed by atoms with Crippen LogP contribution in [0.5, 0.6) is 5.75 Å². The van der Waals surface area contributed by atoms with Crippen molar-refractivity contribution in [1.29, 1.82) is 0 Å². The molecule has 180 valence electrons. The van der Waals surface area contributed by atoms with Crippen LogP contribution >= 0.6 is 0 Å². The van der Waals surface area contributed by atoms with Crippen molar-refractivity contribution in [3.8, 4) is 5.75 Å². The largest absolute Gasteiger partial charge is 0.482 e. The lowest BCUT2D eigenvalue weighted by Gasteiger charge is -2.32. The van der Waals surface area contributed by atoms with Crippen molar-refractivity contribution in [2.24, 2.45) is 0 Å². The van der Waals surface area contributed by atoms with Gasteiger partial charge in [-0.3, -0.25) is 14.5 Å². The molecule has 3 aliphatic heterocycles. The summed E-state index contributed by atoms with van der Waals surface area (Å²) >= 11 is 0. The summed E-state index contributed by atoms with van der Waals surface area (Å²) in [7, 11) is -3.71. The quantitative estimate of drug-likeness (QED) is 0.667. The summed E-state index contributed by atoms with van der Waals surface area (Å²) in [6, 6.07) is 12.3. The van der Waals surface area contributed by atoms with E-state index in [0.29, 0.717) is 24.5 Å². The first-order valence-electron chi connectivity index (χ1n) is 11.8. The highest BCUT2D eigenvalue weighted by molar-refractivity contribution is 7.89. The van der Waals surface area contributed by atoms with Crippen molar-refractivity contribution in [1.82, 2.24) is 4.31 Å². The van der Waals surface area contributed by atoms with Crippen molar-refractivity contribution in [2.45, 2.75) is 50.0 Å². The van der Waals surface area contributed by atoms with Crippen molar-refractivity contribution < 1.29 is 22.7 Å². The standard InChI is InChI=1S/C25H29N3O5S/c1-18-14-19-8-4-5-9-21(19)28(18)24(29)16-27-22-15-20(10-11-23(22)33-17-25(27)30)34(31,32)26-12-6-2-3-7-13-26/h4-5,8-11,15,18H,2-3,6-7,12-14,16-17H2,1H3/t18-/m1/s1. The summed E-state index contributed by atoms with van der Waals surface area (Å²) in [5, 5.41) is 0. The van der Waals surface area contributed by atoms with Gasteiger partial charge in [0.25, 0.3) is 5.91 Å². The molecule has 0 N–H and O–H groups in total. The van der Waals surface area contributed by atoms with Gasteiger partial charge in [0, 0.05) is 24.8 Å². The lowest BCUT2D eigenvalue weighted by molar-refractivity contribution is -0.124. The van der Waals surface area contributed by atoms with Crippen LogP contribution in [0.25, 0.3) is 0 Å². The third-order valence-electron chi connectivity index (χ3n) is 6.85. The zero-order valence-electron chi connectivity index (χ0n) is 19.3. The Hall–Kier alpha value is -2.91. The lowest BCUT2D eigenvalue weighted by atomic mass is 10.1. The fourth-order valence-corrected chi connectivity index (χ4v) is 6.64. The molecular formula is C25H29N3O5S. The maximum Gasteiger partial charge on any atom is 0.265 e. The first-order chi connectivity index (χ1) is 16.4. The van der Waals surface area contributed by atoms with E-state index in [0.717, 1.165) is 43.4 Å². The van der Waals surface area contributed by atoms with Crippen molar-refractivity contribution in [3.05, 3.63) is 48.0 Å². The predicted molar refractivity (Wildman–Crippen MR) is 129 cm³/mol. The number of carbonyl (C=O) groups is 2. The van der Waals surface area contributed by atoms with E-state index in [9.17, 15) is 18.0 Å². The number of ether oxygens (including phenoxy) is 1. The molecule has 0 bridgehead atoms. The molecule has 1 fully saturated rings. The predicted octanol–water partition coefficient (Wildman–Crippen LogP) is 2.95. The van der Waals surface area contributed by atoms with Crippen molar-refractivity contribution >= 4 is 33.2 Å². The van der Waals surface area contributed by atoms with Crippen LogP contribution in [0.3, 0.4) is 0 Å². The van der Waals surface area contributed by atoms with Crippen molar-refractivity contribution in [2.75, 3.05) is 36.0 Å². The molecule has 2 aromatic carbocycles. The molecule has 34 heavy (non-hydrogen) atoms. The van der Waals surface area contributed by atoms with Crippen LogP contribution in [0.2, 0.25) is 0 Å². The molecule has 9 heteroatoms. The van der Waals surface area contributed by atoms with Crippen molar-refractivity contribution in [3.63, 3.8) is 0 Å². The highest BCUT2D eigenvalue weighted by atomic mass is 32.2. The van der Waals surface area contributed by atoms with Gasteiger partial charge in [0.2, 0.25) is 15.9 Å². The van der Waals surface area contributed by atoms with Gasteiger partial charge in [0.1, 0.15) is 12.3 Å². The minimum Gasteiger partial charge on any atom is -0.482 e. The number of hydrogen-bond acceptors (Lipinski definition) is 5. The third-order valence-corrected chi connectivity index (χ3v) is 8.74. The van der Waals surface area contributed by atoms with E-state index in [1.165, 1.54) is 21.3 Å². The molecule has 0 spiro atoms. The average Bonchev–Trinajstić information content (AvgIpc) is 2.98. The number of carbonyl (C=O) groups excluding carboxylic acids is 2. The number of amides is 2. The van der Waals surface area contributed by atoms with Crippen LogP contribution in [0, 0.1) is 0 Å². The molecule has 2 amide bonds. The Morgan fingerprint density at radius 2 is 1.76 bits per heavy atom. The molecule has 5 rings (SSSR count). The van der Waals surface area contributed by atoms with E-state index in [4.69, 9.17) is 4.74 Å². The molecule has 0 aromatic heterocycles. The van der Waals surface area contributed by atoms with E-state index in [1.54, 1.807) is 11.0 Å². The number of sulfonamides is 1. The molecule has 1 saturated heterocycles. The van der Waals surface area contributed by atoms with Crippen LogP contribution in [-0.4, -0.2) is 56.8 Å². The van der Waals surface area contributed by atoms with E-state index < -0.39 is 10.0 Å². The minimum absolute atomic E-state index is 0.0183.